The molecule has 0 saturated heterocycles. The van der Waals surface area contributed by atoms with Crippen LogP contribution < -0.4 is 0 Å². The summed E-state index contributed by atoms with van der Waals surface area (Å²) in [5, 5.41) is 2.96. The first-order valence-corrected chi connectivity index (χ1v) is 8.61. The van der Waals surface area contributed by atoms with Crippen molar-refractivity contribution in [3.63, 3.8) is 0 Å². The zero-order valence-corrected chi connectivity index (χ0v) is 10.9. The Hall–Kier alpha value is 0.103. The second-order valence-corrected chi connectivity index (χ2v) is 7.93. The molecule has 0 fully saturated rings. The molecule has 60 valence electrons. The molecule has 0 N–H and O–H groups in total. The van der Waals surface area contributed by atoms with Crippen molar-refractivity contribution in [2.75, 3.05) is 0 Å². The molecular formula is C10H18Zn. The van der Waals surface area contributed by atoms with Gasteiger partial charge in [-0.3, -0.25) is 0 Å². The van der Waals surface area contributed by atoms with Crippen molar-refractivity contribution in [2.24, 2.45) is 0 Å². The zero-order chi connectivity index (χ0) is 8.69. The van der Waals surface area contributed by atoms with Crippen LogP contribution in [0.4, 0.5) is 0 Å². The molecule has 0 saturated carbocycles. The van der Waals surface area contributed by atoms with Crippen molar-refractivity contribution in [2.45, 2.75) is 36.7 Å². The Balaban J connectivity index is 3.03. The van der Waals surface area contributed by atoms with Crippen LogP contribution in [-0.4, -0.2) is 0 Å². The molecule has 0 amide bonds. The first-order chi connectivity index (χ1) is 5.13. The Labute approximate surface area is 78.4 Å². The van der Waals surface area contributed by atoms with Gasteiger partial charge in [-0.25, -0.2) is 0 Å². The number of rotatable bonds is 6. The molecule has 0 rings (SSSR count). The molecule has 0 unspecified atom stereocenters. The van der Waals surface area contributed by atoms with Gasteiger partial charge in [-0.1, -0.05) is 0 Å². The van der Waals surface area contributed by atoms with Crippen LogP contribution in [0.5, 0.6) is 0 Å². The first kappa shape index (κ1) is 11.1. The molecule has 0 radical (unpaired) electrons. The Morgan fingerprint density at radius 1 is 1.00 bits per heavy atom. The molecule has 1 heteroatoms. The van der Waals surface area contributed by atoms with Crippen molar-refractivity contribution < 1.29 is 17.1 Å². The molecule has 0 nitrogen and oxygen atoms in total. The topological polar surface area (TPSA) is 0 Å². The Kier molecular flexibility index (Phi) is 6.86. The van der Waals surface area contributed by atoms with Crippen LogP contribution in [0.15, 0.2) is 24.3 Å². The van der Waals surface area contributed by atoms with Crippen molar-refractivity contribution >= 4 is 0 Å². The van der Waals surface area contributed by atoms with Gasteiger partial charge < -0.3 is 0 Å². The van der Waals surface area contributed by atoms with Crippen LogP contribution in [0.1, 0.15) is 26.7 Å². The summed E-state index contributed by atoms with van der Waals surface area (Å²) >= 11 is -0.186. The van der Waals surface area contributed by atoms with E-state index in [0.29, 0.717) is 0 Å². The maximum atomic E-state index is 3.90. The van der Waals surface area contributed by atoms with E-state index in [1.165, 1.54) is 34.0 Å². The fraction of sp³-hybridized carbons (Fsp3) is 0.600. The minimum absolute atomic E-state index is 0.186. The molecule has 0 atom stereocenters. The molecular weight excluding hydrogens is 185 g/mol. The Morgan fingerprint density at radius 2 is 1.36 bits per heavy atom. The fourth-order valence-electron chi connectivity index (χ4n) is 1.03. The van der Waals surface area contributed by atoms with Gasteiger partial charge in [0.25, 0.3) is 0 Å². The average molecular weight is 204 g/mol. The van der Waals surface area contributed by atoms with Crippen LogP contribution in [-0.2, 0) is 17.1 Å². The van der Waals surface area contributed by atoms with Crippen LogP contribution >= 0.6 is 0 Å². The van der Waals surface area contributed by atoms with E-state index in [4.69, 9.17) is 0 Å². The summed E-state index contributed by atoms with van der Waals surface area (Å²) in [5.74, 6) is 0. The molecule has 0 aromatic heterocycles. The van der Waals surface area contributed by atoms with E-state index in [-0.39, 0.29) is 17.1 Å². The third-order valence-corrected chi connectivity index (χ3v) is 5.29. The normalized spacial score (nSPS) is 8.91. The van der Waals surface area contributed by atoms with Gasteiger partial charge in [0.1, 0.15) is 0 Å². The van der Waals surface area contributed by atoms with Crippen LogP contribution in [0.3, 0.4) is 0 Å². The molecule has 0 aliphatic heterocycles. The van der Waals surface area contributed by atoms with E-state index in [9.17, 15) is 0 Å². The van der Waals surface area contributed by atoms with Crippen molar-refractivity contribution in [3.05, 3.63) is 24.3 Å². The summed E-state index contributed by atoms with van der Waals surface area (Å²) in [6, 6.07) is 0. The maximum absolute atomic E-state index is 3.90. The van der Waals surface area contributed by atoms with E-state index < -0.39 is 0 Å². The minimum atomic E-state index is -0.186. The van der Waals surface area contributed by atoms with Gasteiger partial charge in [0.15, 0.2) is 0 Å². The molecule has 0 aromatic rings. The number of allylic oxidation sites excluding steroid dienone is 2. The van der Waals surface area contributed by atoms with Crippen molar-refractivity contribution in [1.29, 1.82) is 0 Å². The third kappa shape index (κ3) is 10.1. The standard InChI is InChI=1S/2C5H9.Zn/c2*1-4-5(2)3;/h2*1-2,4H2,3H3;. The second-order valence-electron chi connectivity index (χ2n) is 3.47. The molecule has 0 spiro atoms. The number of hydrogen-bond acceptors (Lipinski definition) is 0. The summed E-state index contributed by atoms with van der Waals surface area (Å²) in [5.41, 5.74) is 2.71. The van der Waals surface area contributed by atoms with E-state index in [2.05, 4.69) is 27.0 Å². The monoisotopic (exact) mass is 202 g/mol. The summed E-state index contributed by atoms with van der Waals surface area (Å²) in [6.45, 7) is 12.1. The van der Waals surface area contributed by atoms with Gasteiger partial charge in [0.2, 0.25) is 0 Å². The van der Waals surface area contributed by atoms with Gasteiger partial charge in [-0.15, -0.1) is 0 Å². The van der Waals surface area contributed by atoms with E-state index in [1.54, 1.807) is 0 Å². The predicted molar refractivity (Wildman–Crippen MR) is 48.5 cm³/mol. The summed E-state index contributed by atoms with van der Waals surface area (Å²) in [6.07, 6.45) is 2.55. The Bertz CT molecular complexity index is 120. The first-order valence-electron chi connectivity index (χ1n) is 4.41. The number of hydrogen-bond donors (Lipinski definition) is 0. The summed E-state index contributed by atoms with van der Waals surface area (Å²) in [4.78, 5) is 0. The van der Waals surface area contributed by atoms with Gasteiger partial charge in [0.05, 0.1) is 0 Å². The van der Waals surface area contributed by atoms with Gasteiger partial charge in [0, 0.05) is 0 Å². The van der Waals surface area contributed by atoms with Gasteiger partial charge in [-0.2, -0.15) is 0 Å². The van der Waals surface area contributed by atoms with Crippen LogP contribution in [0.2, 0.25) is 10.0 Å². The SMILES string of the molecule is C=C(C)C[CH2][Zn][CH2]CC(=C)C. The van der Waals surface area contributed by atoms with E-state index in [1.807, 2.05) is 0 Å². The van der Waals surface area contributed by atoms with Gasteiger partial charge in [-0.05, 0) is 0 Å². The van der Waals surface area contributed by atoms with E-state index >= 15 is 0 Å². The molecule has 0 bridgehead atoms. The summed E-state index contributed by atoms with van der Waals surface area (Å²) in [7, 11) is 0. The van der Waals surface area contributed by atoms with Crippen molar-refractivity contribution in [1.82, 2.24) is 0 Å². The second kappa shape index (κ2) is 6.79. The molecule has 11 heavy (non-hydrogen) atoms. The average Bonchev–Trinajstić information content (AvgIpc) is 1.85. The fourth-order valence-corrected chi connectivity index (χ4v) is 5.35. The van der Waals surface area contributed by atoms with Crippen molar-refractivity contribution in [3.8, 4) is 0 Å². The van der Waals surface area contributed by atoms with Gasteiger partial charge >= 0.3 is 78.2 Å². The van der Waals surface area contributed by atoms with E-state index in [0.717, 1.165) is 0 Å². The summed E-state index contributed by atoms with van der Waals surface area (Å²) < 4.78 is 0. The third-order valence-electron chi connectivity index (χ3n) is 1.71. The molecule has 0 heterocycles. The zero-order valence-electron chi connectivity index (χ0n) is 7.95. The molecule has 0 aliphatic rings. The Morgan fingerprint density at radius 3 is 1.64 bits per heavy atom. The predicted octanol–water partition coefficient (Wildman–Crippen LogP) is 3.84. The van der Waals surface area contributed by atoms with Crippen LogP contribution in [0.25, 0.3) is 0 Å². The molecule has 0 aromatic carbocycles. The molecule has 0 aliphatic carbocycles. The van der Waals surface area contributed by atoms with Crippen LogP contribution in [0, 0.1) is 0 Å². The quantitative estimate of drug-likeness (QED) is 0.350.